The number of carbonyl (C=O) groups excluding carboxylic acids is 1. The third-order valence-electron chi connectivity index (χ3n) is 3.89. The summed E-state index contributed by atoms with van der Waals surface area (Å²) in [5, 5.41) is 11.2. The lowest BCUT2D eigenvalue weighted by Crippen LogP contribution is -2.23. The van der Waals surface area contributed by atoms with E-state index in [4.69, 9.17) is 0 Å². The van der Waals surface area contributed by atoms with Crippen LogP contribution in [0.15, 0.2) is 22.0 Å². The number of hydrogen-bond donors (Lipinski definition) is 1. The molecule has 0 saturated carbocycles. The smallest absolute Gasteiger partial charge is 0.312 e. The van der Waals surface area contributed by atoms with Crippen molar-refractivity contribution in [1.82, 2.24) is 4.57 Å². The zero-order chi connectivity index (χ0) is 15.1. The lowest BCUT2D eigenvalue weighted by Gasteiger charge is -2.23. The van der Waals surface area contributed by atoms with Crippen LogP contribution in [0, 0.1) is 6.92 Å². The SMILES string of the molecule is Cc1cc2n(c1C(=O)c1sccc1Br)CCCC2C(=O)O. The molecular weight excluding hydrogens is 354 g/mol. The van der Waals surface area contributed by atoms with Crippen LogP contribution in [-0.4, -0.2) is 21.4 Å². The molecule has 1 unspecified atom stereocenters. The Kier molecular flexibility index (Phi) is 3.75. The number of nitrogens with zero attached hydrogens (tertiary/aromatic N) is 1. The predicted molar refractivity (Wildman–Crippen MR) is 84.2 cm³/mol. The number of ketones is 1. The van der Waals surface area contributed by atoms with Gasteiger partial charge in [0, 0.05) is 16.7 Å². The normalized spacial score (nSPS) is 17.5. The minimum Gasteiger partial charge on any atom is -0.481 e. The number of carbonyl (C=O) groups is 2. The Balaban J connectivity index is 2.11. The molecular formula is C15H14BrNO3S. The van der Waals surface area contributed by atoms with Gasteiger partial charge in [0.25, 0.3) is 0 Å². The van der Waals surface area contributed by atoms with Crippen LogP contribution < -0.4 is 0 Å². The number of rotatable bonds is 3. The number of aryl methyl sites for hydroxylation is 1. The Morgan fingerprint density at radius 3 is 2.86 bits per heavy atom. The number of aliphatic carboxylic acids is 1. The lowest BCUT2D eigenvalue weighted by atomic mass is 9.96. The van der Waals surface area contributed by atoms with Gasteiger partial charge in [-0.25, -0.2) is 0 Å². The van der Waals surface area contributed by atoms with E-state index in [0.717, 1.165) is 22.2 Å². The Hall–Kier alpha value is -1.40. The van der Waals surface area contributed by atoms with Crippen LogP contribution in [0.2, 0.25) is 0 Å². The number of aromatic nitrogens is 1. The van der Waals surface area contributed by atoms with Gasteiger partial charge < -0.3 is 9.67 Å². The van der Waals surface area contributed by atoms with Gasteiger partial charge in [0.1, 0.15) is 0 Å². The molecule has 0 fully saturated rings. The quantitative estimate of drug-likeness (QED) is 0.838. The fraction of sp³-hybridized carbons (Fsp3) is 0.333. The van der Waals surface area contributed by atoms with E-state index in [-0.39, 0.29) is 5.78 Å². The van der Waals surface area contributed by atoms with Gasteiger partial charge in [0.2, 0.25) is 5.78 Å². The minimum atomic E-state index is -0.815. The first-order chi connectivity index (χ1) is 10.0. The monoisotopic (exact) mass is 367 g/mol. The summed E-state index contributed by atoms with van der Waals surface area (Å²) < 4.78 is 2.68. The number of halogens is 1. The summed E-state index contributed by atoms with van der Waals surface area (Å²) in [7, 11) is 0. The van der Waals surface area contributed by atoms with Gasteiger partial charge in [0.15, 0.2) is 0 Å². The first-order valence-corrected chi connectivity index (χ1v) is 8.38. The van der Waals surface area contributed by atoms with E-state index in [9.17, 15) is 14.7 Å². The fourth-order valence-corrected chi connectivity index (χ4v) is 4.45. The number of fused-ring (bicyclic) bond motifs is 1. The van der Waals surface area contributed by atoms with Crippen molar-refractivity contribution in [1.29, 1.82) is 0 Å². The topological polar surface area (TPSA) is 59.3 Å². The van der Waals surface area contributed by atoms with Crippen LogP contribution in [0.5, 0.6) is 0 Å². The third-order valence-corrected chi connectivity index (χ3v) is 5.72. The lowest BCUT2D eigenvalue weighted by molar-refractivity contribution is -0.139. The highest BCUT2D eigenvalue weighted by Crippen LogP contribution is 2.34. The van der Waals surface area contributed by atoms with E-state index >= 15 is 0 Å². The average Bonchev–Trinajstić information content (AvgIpc) is 2.99. The zero-order valence-electron chi connectivity index (χ0n) is 11.4. The van der Waals surface area contributed by atoms with E-state index in [1.807, 2.05) is 29.0 Å². The molecule has 4 nitrogen and oxygen atoms in total. The Bertz CT molecular complexity index is 731. The van der Waals surface area contributed by atoms with Crippen molar-refractivity contribution in [3.05, 3.63) is 43.8 Å². The van der Waals surface area contributed by atoms with Crippen molar-refractivity contribution in [3.8, 4) is 0 Å². The zero-order valence-corrected chi connectivity index (χ0v) is 13.8. The molecule has 0 aromatic carbocycles. The minimum absolute atomic E-state index is 0.0355. The van der Waals surface area contributed by atoms with Gasteiger partial charge in [-0.05, 0) is 58.8 Å². The van der Waals surface area contributed by atoms with E-state index in [0.29, 0.717) is 23.5 Å². The third kappa shape index (κ3) is 2.36. The molecule has 21 heavy (non-hydrogen) atoms. The van der Waals surface area contributed by atoms with E-state index in [2.05, 4.69) is 15.9 Å². The maximum absolute atomic E-state index is 12.8. The maximum Gasteiger partial charge on any atom is 0.312 e. The van der Waals surface area contributed by atoms with Crippen molar-refractivity contribution in [2.45, 2.75) is 32.2 Å². The number of hydrogen-bond acceptors (Lipinski definition) is 3. The highest BCUT2D eigenvalue weighted by atomic mass is 79.9. The molecule has 3 heterocycles. The van der Waals surface area contributed by atoms with E-state index < -0.39 is 11.9 Å². The summed E-state index contributed by atoms with van der Waals surface area (Å²) >= 11 is 4.79. The molecule has 1 aliphatic rings. The Morgan fingerprint density at radius 1 is 1.48 bits per heavy atom. The molecule has 110 valence electrons. The van der Waals surface area contributed by atoms with E-state index in [1.165, 1.54) is 11.3 Å². The molecule has 0 amide bonds. The van der Waals surface area contributed by atoms with Gasteiger partial charge in [-0.3, -0.25) is 9.59 Å². The summed E-state index contributed by atoms with van der Waals surface area (Å²) in [5.41, 5.74) is 2.23. The average molecular weight is 368 g/mol. The Labute approximate surface area is 134 Å². The maximum atomic E-state index is 12.8. The summed E-state index contributed by atoms with van der Waals surface area (Å²) in [4.78, 5) is 24.8. The first-order valence-electron chi connectivity index (χ1n) is 6.71. The van der Waals surface area contributed by atoms with Gasteiger partial charge in [-0.1, -0.05) is 0 Å². The van der Waals surface area contributed by atoms with Crippen LogP contribution in [0.1, 0.15) is 45.4 Å². The summed E-state index contributed by atoms with van der Waals surface area (Å²) in [6.45, 7) is 2.58. The molecule has 3 rings (SSSR count). The Morgan fingerprint density at radius 2 is 2.24 bits per heavy atom. The predicted octanol–water partition coefficient (Wildman–Crippen LogP) is 3.81. The van der Waals surface area contributed by atoms with Crippen molar-refractivity contribution in [2.75, 3.05) is 0 Å². The number of carboxylic acids is 1. The highest BCUT2D eigenvalue weighted by Gasteiger charge is 2.31. The molecule has 2 aromatic rings. The van der Waals surface area contributed by atoms with Crippen LogP contribution in [0.25, 0.3) is 0 Å². The highest BCUT2D eigenvalue weighted by molar-refractivity contribution is 9.10. The molecule has 0 saturated heterocycles. The second-order valence-corrected chi connectivity index (χ2v) is 6.98. The van der Waals surface area contributed by atoms with Crippen molar-refractivity contribution in [2.24, 2.45) is 0 Å². The molecule has 0 aliphatic carbocycles. The molecule has 2 aromatic heterocycles. The molecule has 1 N–H and O–H groups in total. The summed E-state index contributed by atoms with van der Waals surface area (Å²) in [6.07, 6.45) is 1.42. The van der Waals surface area contributed by atoms with E-state index in [1.54, 1.807) is 0 Å². The van der Waals surface area contributed by atoms with Crippen molar-refractivity contribution in [3.63, 3.8) is 0 Å². The molecule has 0 spiro atoms. The van der Waals surface area contributed by atoms with Crippen molar-refractivity contribution >= 4 is 39.0 Å². The number of thiophene rings is 1. The standard InChI is InChI=1S/C15H14BrNO3S/c1-8-7-11-9(15(19)20)3-2-5-17(11)12(8)13(18)14-10(16)4-6-21-14/h4,6-7,9H,2-3,5H2,1H3,(H,19,20). The van der Waals surface area contributed by atoms with Gasteiger partial charge in [-0.2, -0.15) is 0 Å². The van der Waals surface area contributed by atoms with Crippen LogP contribution in [0.4, 0.5) is 0 Å². The molecule has 1 atom stereocenters. The van der Waals surface area contributed by atoms with Crippen LogP contribution >= 0.6 is 27.3 Å². The summed E-state index contributed by atoms with van der Waals surface area (Å²) in [6, 6.07) is 3.71. The second-order valence-electron chi connectivity index (χ2n) is 5.21. The molecule has 0 radical (unpaired) electrons. The number of carboxylic acid groups (broad SMARTS) is 1. The molecule has 1 aliphatic heterocycles. The van der Waals surface area contributed by atoms with Gasteiger partial charge >= 0.3 is 5.97 Å². The van der Waals surface area contributed by atoms with Gasteiger partial charge in [-0.15, -0.1) is 11.3 Å². The molecule has 0 bridgehead atoms. The largest absolute Gasteiger partial charge is 0.481 e. The fourth-order valence-electron chi connectivity index (χ4n) is 2.96. The summed E-state index contributed by atoms with van der Waals surface area (Å²) in [5.74, 6) is -1.36. The first kappa shape index (κ1) is 14.5. The van der Waals surface area contributed by atoms with Crippen molar-refractivity contribution < 1.29 is 14.7 Å². The van der Waals surface area contributed by atoms with Gasteiger partial charge in [0.05, 0.1) is 16.5 Å². The van der Waals surface area contributed by atoms with Crippen LogP contribution in [0.3, 0.4) is 0 Å². The molecule has 6 heteroatoms. The second kappa shape index (κ2) is 5.42. The van der Waals surface area contributed by atoms with Crippen LogP contribution in [-0.2, 0) is 11.3 Å².